The largest absolute Gasteiger partial charge is 0.474 e. The Kier molecular flexibility index (Phi) is 5.20. The van der Waals surface area contributed by atoms with E-state index in [2.05, 4.69) is 36.3 Å². The van der Waals surface area contributed by atoms with Gasteiger partial charge in [0.25, 0.3) is 0 Å². The Morgan fingerprint density at radius 2 is 2.00 bits per heavy atom. The number of aromatic nitrogens is 1. The van der Waals surface area contributed by atoms with E-state index in [0.717, 1.165) is 18.1 Å². The van der Waals surface area contributed by atoms with Gasteiger partial charge in [0.15, 0.2) is 0 Å². The molecular weight excluding hydrogens is 236 g/mol. The molecule has 0 radical (unpaired) electrons. The lowest BCUT2D eigenvalue weighted by Crippen LogP contribution is -2.23. The molecule has 19 heavy (non-hydrogen) atoms. The molecule has 1 aromatic rings. The molecule has 106 valence electrons. The van der Waals surface area contributed by atoms with Crippen molar-refractivity contribution in [3.63, 3.8) is 0 Å². The molecule has 1 aliphatic carbocycles. The van der Waals surface area contributed by atoms with Crippen LogP contribution in [0.5, 0.6) is 5.88 Å². The summed E-state index contributed by atoms with van der Waals surface area (Å²) in [6.07, 6.45) is 6.65. The van der Waals surface area contributed by atoms with Crippen LogP contribution in [-0.4, -0.2) is 17.1 Å². The maximum Gasteiger partial charge on any atom is 0.214 e. The van der Waals surface area contributed by atoms with E-state index in [0.29, 0.717) is 12.1 Å². The molecule has 0 bridgehead atoms. The van der Waals surface area contributed by atoms with Crippen molar-refractivity contribution < 1.29 is 4.74 Å². The molecule has 0 saturated heterocycles. The van der Waals surface area contributed by atoms with E-state index in [9.17, 15) is 0 Å². The van der Waals surface area contributed by atoms with Crippen LogP contribution in [0.3, 0.4) is 0 Å². The molecule has 0 unspecified atom stereocenters. The third-order valence-corrected chi connectivity index (χ3v) is 3.54. The normalized spacial score (nSPS) is 16.8. The van der Waals surface area contributed by atoms with Crippen LogP contribution in [0.25, 0.3) is 0 Å². The van der Waals surface area contributed by atoms with Crippen molar-refractivity contribution in [3.05, 3.63) is 23.4 Å². The summed E-state index contributed by atoms with van der Waals surface area (Å²) in [7, 11) is 0. The first-order chi connectivity index (χ1) is 9.13. The fourth-order valence-electron chi connectivity index (χ4n) is 2.55. The molecule has 0 atom stereocenters. The molecule has 0 amide bonds. The summed E-state index contributed by atoms with van der Waals surface area (Å²) < 4.78 is 6.04. The monoisotopic (exact) mass is 262 g/mol. The van der Waals surface area contributed by atoms with Gasteiger partial charge in [0.05, 0.1) is 0 Å². The van der Waals surface area contributed by atoms with Crippen molar-refractivity contribution >= 4 is 0 Å². The third-order valence-electron chi connectivity index (χ3n) is 3.54. The van der Waals surface area contributed by atoms with Gasteiger partial charge in [-0.3, -0.25) is 0 Å². The number of nitrogens with zero attached hydrogens (tertiary/aromatic N) is 1. The molecular formula is C16H26N2O. The highest BCUT2D eigenvalue weighted by Gasteiger charge is 2.15. The summed E-state index contributed by atoms with van der Waals surface area (Å²) in [6, 6.07) is 4.70. The Hall–Kier alpha value is -1.09. The van der Waals surface area contributed by atoms with Gasteiger partial charge in [-0.2, -0.15) is 0 Å². The molecule has 1 aliphatic rings. The highest BCUT2D eigenvalue weighted by Crippen LogP contribution is 2.23. The molecule has 3 heteroatoms. The lowest BCUT2D eigenvalue weighted by atomic mass is 9.98. The van der Waals surface area contributed by atoms with Gasteiger partial charge in [-0.15, -0.1) is 0 Å². The molecule has 1 N–H and O–H groups in total. The second kappa shape index (κ2) is 6.90. The van der Waals surface area contributed by atoms with E-state index >= 15 is 0 Å². The highest BCUT2D eigenvalue weighted by molar-refractivity contribution is 5.24. The molecule has 0 spiro atoms. The number of pyridine rings is 1. The zero-order valence-electron chi connectivity index (χ0n) is 12.4. The fraction of sp³-hybridized carbons (Fsp3) is 0.688. The quantitative estimate of drug-likeness (QED) is 0.880. The van der Waals surface area contributed by atoms with Gasteiger partial charge >= 0.3 is 0 Å². The second-order valence-corrected chi connectivity index (χ2v) is 5.87. The summed E-state index contributed by atoms with van der Waals surface area (Å²) in [6.45, 7) is 7.23. The predicted octanol–water partition coefficient (Wildman–Crippen LogP) is 3.60. The number of hydrogen-bond acceptors (Lipinski definition) is 3. The maximum atomic E-state index is 6.04. The molecule has 1 heterocycles. The number of rotatable bonds is 5. The van der Waals surface area contributed by atoms with Gasteiger partial charge < -0.3 is 10.1 Å². The van der Waals surface area contributed by atoms with Crippen LogP contribution in [0.2, 0.25) is 0 Å². The summed E-state index contributed by atoms with van der Waals surface area (Å²) >= 11 is 0. The van der Waals surface area contributed by atoms with Crippen LogP contribution < -0.4 is 10.1 Å². The molecule has 0 aliphatic heterocycles. The number of nitrogens with one attached hydrogen (secondary N) is 1. The van der Waals surface area contributed by atoms with Crippen LogP contribution in [0.15, 0.2) is 12.1 Å². The highest BCUT2D eigenvalue weighted by atomic mass is 16.5. The second-order valence-electron chi connectivity index (χ2n) is 5.87. The average molecular weight is 262 g/mol. The lowest BCUT2D eigenvalue weighted by Gasteiger charge is -2.22. The maximum absolute atomic E-state index is 6.04. The van der Waals surface area contributed by atoms with Gasteiger partial charge in [0.1, 0.15) is 6.10 Å². The number of ether oxygens (including phenoxy) is 1. The van der Waals surface area contributed by atoms with Crippen molar-refractivity contribution in [2.45, 2.75) is 71.6 Å². The Balaban J connectivity index is 1.99. The van der Waals surface area contributed by atoms with E-state index in [1.54, 1.807) is 0 Å². The van der Waals surface area contributed by atoms with Crippen molar-refractivity contribution in [2.24, 2.45) is 0 Å². The first-order valence-electron chi connectivity index (χ1n) is 7.51. The Bertz CT molecular complexity index is 398. The van der Waals surface area contributed by atoms with E-state index in [-0.39, 0.29) is 0 Å². The molecule has 2 rings (SSSR count). The van der Waals surface area contributed by atoms with Crippen molar-refractivity contribution in [3.8, 4) is 5.88 Å². The molecule has 1 saturated carbocycles. The minimum Gasteiger partial charge on any atom is -0.474 e. The van der Waals surface area contributed by atoms with Crippen LogP contribution in [0.4, 0.5) is 0 Å². The number of hydrogen-bond donors (Lipinski definition) is 1. The molecule has 0 aromatic carbocycles. The zero-order valence-corrected chi connectivity index (χ0v) is 12.4. The summed E-state index contributed by atoms with van der Waals surface area (Å²) in [5, 5.41) is 3.44. The van der Waals surface area contributed by atoms with Crippen LogP contribution in [0.1, 0.15) is 57.2 Å². The number of aryl methyl sites for hydroxylation is 1. The average Bonchev–Trinajstić information content (AvgIpc) is 2.37. The Morgan fingerprint density at radius 1 is 1.26 bits per heavy atom. The molecule has 1 aromatic heterocycles. The van der Waals surface area contributed by atoms with Crippen molar-refractivity contribution in [1.82, 2.24) is 10.3 Å². The summed E-state index contributed by atoms with van der Waals surface area (Å²) in [5.41, 5.74) is 2.29. The minimum absolute atomic E-state index is 0.369. The Morgan fingerprint density at radius 3 is 2.68 bits per heavy atom. The van der Waals surface area contributed by atoms with Crippen molar-refractivity contribution in [2.75, 3.05) is 0 Å². The topological polar surface area (TPSA) is 34.1 Å². The minimum atomic E-state index is 0.369. The first-order valence-corrected chi connectivity index (χ1v) is 7.51. The van der Waals surface area contributed by atoms with Crippen LogP contribution in [0, 0.1) is 6.92 Å². The SMILES string of the molecule is Cc1cc(CNC(C)C)cc(OC2CCCCC2)n1. The van der Waals surface area contributed by atoms with Gasteiger partial charge in [-0.25, -0.2) is 4.98 Å². The van der Waals surface area contributed by atoms with E-state index in [1.807, 2.05) is 6.92 Å². The first kappa shape index (κ1) is 14.3. The molecule has 1 fully saturated rings. The fourth-order valence-corrected chi connectivity index (χ4v) is 2.55. The van der Waals surface area contributed by atoms with E-state index in [4.69, 9.17) is 4.74 Å². The van der Waals surface area contributed by atoms with E-state index in [1.165, 1.54) is 37.7 Å². The Labute approximate surface area is 116 Å². The third kappa shape index (κ3) is 4.83. The van der Waals surface area contributed by atoms with Gasteiger partial charge in [-0.05, 0) is 44.2 Å². The zero-order chi connectivity index (χ0) is 13.7. The molecule has 3 nitrogen and oxygen atoms in total. The van der Waals surface area contributed by atoms with Crippen molar-refractivity contribution in [1.29, 1.82) is 0 Å². The smallest absolute Gasteiger partial charge is 0.214 e. The van der Waals surface area contributed by atoms with Crippen LogP contribution in [-0.2, 0) is 6.54 Å². The van der Waals surface area contributed by atoms with Crippen LogP contribution >= 0.6 is 0 Å². The standard InChI is InChI=1S/C16H26N2O/c1-12(2)17-11-14-9-13(3)18-16(10-14)19-15-7-5-4-6-8-15/h9-10,12,15,17H,4-8,11H2,1-3H3. The van der Waals surface area contributed by atoms with E-state index < -0.39 is 0 Å². The predicted molar refractivity (Wildman–Crippen MR) is 78.5 cm³/mol. The summed E-state index contributed by atoms with van der Waals surface area (Å²) in [4.78, 5) is 4.51. The van der Waals surface area contributed by atoms with Gasteiger partial charge in [-0.1, -0.05) is 20.3 Å². The summed E-state index contributed by atoms with van der Waals surface area (Å²) in [5.74, 6) is 0.799. The van der Waals surface area contributed by atoms with Gasteiger partial charge in [0, 0.05) is 24.3 Å². The van der Waals surface area contributed by atoms with Gasteiger partial charge in [0.2, 0.25) is 5.88 Å². The lowest BCUT2D eigenvalue weighted by molar-refractivity contribution is 0.148.